The highest BCUT2D eigenvalue weighted by Crippen LogP contribution is 2.16. The Morgan fingerprint density at radius 3 is 2.03 bits per heavy atom. The SMILES string of the molecule is Cn1c(=O)c2c(ncn2CCCCCCCCCCn2cnc3c(N)ncnc32)n(C)c1=O. The lowest BCUT2D eigenvalue weighted by atomic mass is 10.1. The third-order valence-electron chi connectivity index (χ3n) is 6.19. The van der Waals surface area contributed by atoms with Crippen molar-refractivity contribution in [1.82, 2.24) is 38.2 Å². The number of imidazole rings is 2. The highest BCUT2D eigenvalue weighted by Gasteiger charge is 2.13. The molecule has 4 aromatic rings. The summed E-state index contributed by atoms with van der Waals surface area (Å²) in [6.45, 7) is 1.62. The number of fused-ring (bicyclic) bond motifs is 2. The fourth-order valence-corrected chi connectivity index (χ4v) is 4.25. The van der Waals surface area contributed by atoms with Gasteiger partial charge in [0.05, 0.1) is 12.7 Å². The minimum Gasteiger partial charge on any atom is -0.382 e. The molecular formula is C22H31N9O2. The van der Waals surface area contributed by atoms with Crippen LogP contribution in [0.15, 0.2) is 28.6 Å². The number of aromatic nitrogens is 8. The van der Waals surface area contributed by atoms with Crippen LogP contribution >= 0.6 is 0 Å². The minimum atomic E-state index is -0.352. The van der Waals surface area contributed by atoms with Gasteiger partial charge in [0.2, 0.25) is 0 Å². The summed E-state index contributed by atoms with van der Waals surface area (Å²) in [4.78, 5) is 41.3. The Balaban J connectivity index is 1.13. The van der Waals surface area contributed by atoms with Gasteiger partial charge in [-0.05, 0) is 12.8 Å². The maximum Gasteiger partial charge on any atom is 0.332 e. The molecule has 0 saturated carbocycles. The zero-order valence-corrected chi connectivity index (χ0v) is 19.3. The summed E-state index contributed by atoms with van der Waals surface area (Å²) in [5.41, 5.74) is 7.61. The predicted octanol–water partition coefficient (Wildman–Crippen LogP) is 1.98. The molecule has 33 heavy (non-hydrogen) atoms. The topological polar surface area (TPSA) is 131 Å². The van der Waals surface area contributed by atoms with Crippen LogP contribution in [0, 0.1) is 0 Å². The molecule has 11 nitrogen and oxygen atoms in total. The van der Waals surface area contributed by atoms with Crippen molar-refractivity contribution < 1.29 is 0 Å². The summed E-state index contributed by atoms with van der Waals surface area (Å²) in [5.74, 6) is 0.424. The maximum atomic E-state index is 12.5. The molecule has 2 N–H and O–H groups in total. The van der Waals surface area contributed by atoms with Crippen LogP contribution in [0.4, 0.5) is 5.82 Å². The first-order chi connectivity index (χ1) is 16.0. The van der Waals surface area contributed by atoms with Gasteiger partial charge in [-0.1, -0.05) is 38.5 Å². The van der Waals surface area contributed by atoms with Crippen molar-refractivity contribution in [1.29, 1.82) is 0 Å². The summed E-state index contributed by atoms with van der Waals surface area (Å²) < 4.78 is 6.47. The van der Waals surface area contributed by atoms with Crippen molar-refractivity contribution >= 4 is 28.1 Å². The van der Waals surface area contributed by atoms with Crippen molar-refractivity contribution in [2.45, 2.75) is 64.5 Å². The first-order valence-electron chi connectivity index (χ1n) is 11.5. The quantitative estimate of drug-likeness (QED) is 0.343. The van der Waals surface area contributed by atoms with Gasteiger partial charge in [0.1, 0.15) is 11.8 Å². The predicted molar refractivity (Wildman–Crippen MR) is 127 cm³/mol. The molecule has 11 heteroatoms. The number of nitrogens with two attached hydrogens (primary N) is 1. The first kappa shape index (κ1) is 22.7. The number of hydrogen-bond donors (Lipinski definition) is 1. The van der Waals surface area contributed by atoms with Crippen LogP contribution in [0.25, 0.3) is 22.3 Å². The molecule has 0 fully saturated rings. The van der Waals surface area contributed by atoms with E-state index in [-0.39, 0.29) is 11.2 Å². The highest BCUT2D eigenvalue weighted by atomic mass is 16.2. The fraction of sp³-hybridized carbons (Fsp3) is 0.545. The average molecular weight is 454 g/mol. The van der Waals surface area contributed by atoms with E-state index in [1.807, 2.05) is 9.13 Å². The van der Waals surface area contributed by atoms with Crippen LogP contribution < -0.4 is 17.0 Å². The monoisotopic (exact) mass is 453 g/mol. The molecule has 0 unspecified atom stereocenters. The van der Waals surface area contributed by atoms with Crippen molar-refractivity contribution in [2.75, 3.05) is 5.73 Å². The van der Waals surface area contributed by atoms with Crippen LogP contribution in [0.5, 0.6) is 0 Å². The van der Waals surface area contributed by atoms with Crippen molar-refractivity contribution in [2.24, 2.45) is 14.1 Å². The zero-order chi connectivity index (χ0) is 23.4. The molecule has 0 aliphatic rings. The number of nitrogens with zero attached hydrogens (tertiary/aromatic N) is 8. The minimum absolute atomic E-state index is 0.287. The Morgan fingerprint density at radius 1 is 0.727 bits per heavy atom. The Labute approximate surface area is 190 Å². The number of nitrogen functional groups attached to an aromatic ring is 1. The molecule has 0 atom stereocenters. The zero-order valence-electron chi connectivity index (χ0n) is 19.3. The lowest BCUT2D eigenvalue weighted by Crippen LogP contribution is -2.37. The van der Waals surface area contributed by atoms with Gasteiger partial charge in [-0.3, -0.25) is 13.9 Å². The van der Waals surface area contributed by atoms with Crippen LogP contribution in [0.3, 0.4) is 0 Å². The summed E-state index contributed by atoms with van der Waals surface area (Å²) in [7, 11) is 3.15. The second-order valence-electron chi connectivity index (χ2n) is 8.51. The Bertz CT molecular complexity index is 1360. The van der Waals surface area contributed by atoms with Gasteiger partial charge in [-0.25, -0.2) is 24.7 Å². The van der Waals surface area contributed by atoms with Gasteiger partial charge < -0.3 is 14.9 Å². The normalized spacial score (nSPS) is 11.7. The van der Waals surface area contributed by atoms with Crippen molar-refractivity contribution in [3.63, 3.8) is 0 Å². The van der Waals surface area contributed by atoms with Crippen LogP contribution in [-0.2, 0) is 27.2 Å². The molecule has 0 aliphatic carbocycles. The van der Waals surface area contributed by atoms with E-state index in [9.17, 15) is 9.59 Å². The van der Waals surface area contributed by atoms with Crippen LogP contribution in [0.2, 0.25) is 0 Å². The summed E-state index contributed by atoms with van der Waals surface area (Å²) in [5, 5.41) is 0. The Morgan fingerprint density at radius 2 is 1.33 bits per heavy atom. The van der Waals surface area contributed by atoms with Crippen LogP contribution in [0.1, 0.15) is 51.4 Å². The lowest BCUT2D eigenvalue weighted by Gasteiger charge is -2.07. The van der Waals surface area contributed by atoms with Gasteiger partial charge in [-0.2, -0.15) is 0 Å². The van der Waals surface area contributed by atoms with Gasteiger partial charge >= 0.3 is 5.69 Å². The van der Waals surface area contributed by atoms with Gasteiger partial charge in [0.15, 0.2) is 22.6 Å². The summed E-state index contributed by atoms with van der Waals surface area (Å²) >= 11 is 0. The van der Waals surface area contributed by atoms with E-state index < -0.39 is 0 Å². The van der Waals surface area contributed by atoms with Crippen molar-refractivity contribution in [3.05, 3.63) is 39.8 Å². The highest BCUT2D eigenvalue weighted by molar-refractivity contribution is 5.81. The molecular weight excluding hydrogens is 422 g/mol. The van der Waals surface area contributed by atoms with E-state index in [0.29, 0.717) is 22.5 Å². The van der Waals surface area contributed by atoms with E-state index in [1.165, 1.54) is 50.0 Å². The summed E-state index contributed by atoms with van der Waals surface area (Å²) in [6.07, 6.45) is 14.1. The molecule has 0 bridgehead atoms. The van der Waals surface area contributed by atoms with E-state index >= 15 is 0 Å². The summed E-state index contributed by atoms with van der Waals surface area (Å²) in [6, 6.07) is 0. The molecule has 0 aliphatic heterocycles. The maximum absolute atomic E-state index is 12.5. The average Bonchev–Trinajstić information content (AvgIpc) is 3.43. The molecule has 4 aromatic heterocycles. The van der Waals surface area contributed by atoms with Gasteiger partial charge in [0, 0.05) is 27.2 Å². The third-order valence-corrected chi connectivity index (χ3v) is 6.19. The second-order valence-corrected chi connectivity index (χ2v) is 8.51. The van der Waals surface area contributed by atoms with Gasteiger partial charge in [0.25, 0.3) is 5.56 Å². The van der Waals surface area contributed by atoms with E-state index in [4.69, 9.17) is 5.73 Å². The number of hydrogen-bond acceptors (Lipinski definition) is 7. The number of anilines is 1. The van der Waals surface area contributed by atoms with E-state index in [1.54, 1.807) is 19.7 Å². The molecule has 4 rings (SSSR count). The smallest absolute Gasteiger partial charge is 0.332 e. The Kier molecular flexibility index (Phi) is 6.85. The number of aryl methyl sites for hydroxylation is 3. The van der Waals surface area contributed by atoms with Crippen LogP contribution in [-0.4, -0.2) is 38.2 Å². The fourth-order valence-electron chi connectivity index (χ4n) is 4.25. The number of unbranched alkanes of at least 4 members (excludes halogenated alkanes) is 7. The largest absolute Gasteiger partial charge is 0.382 e. The molecule has 0 amide bonds. The second kappa shape index (κ2) is 9.97. The molecule has 4 heterocycles. The third kappa shape index (κ3) is 4.67. The lowest BCUT2D eigenvalue weighted by molar-refractivity contribution is 0.529. The molecule has 176 valence electrons. The molecule has 0 saturated heterocycles. The molecule has 0 radical (unpaired) electrons. The molecule has 0 spiro atoms. The Hall–Kier alpha value is -3.50. The number of rotatable bonds is 11. The standard InChI is InChI=1S/C22H31N9O2/c1-28-20-17(21(32)29(2)22(28)33)30(15-27-20)11-9-7-5-3-4-6-8-10-12-31-14-26-16-18(23)24-13-25-19(16)31/h13-15H,3-12H2,1-2H3,(H2,23,24,25). The van der Waals surface area contributed by atoms with Gasteiger partial charge in [-0.15, -0.1) is 0 Å². The first-order valence-corrected chi connectivity index (χ1v) is 11.5. The molecule has 0 aromatic carbocycles. The van der Waals surface area contributed by atoms with E-state index in [2.05, 4.69) is 19.9 Å². The van der Waals surface area contributed by atoms with E-state index in [0.717, 1.165) is 42.6 Å². The van der Waals surface area contributed by atoms with Crippen molar-refractivity contribution in [3.8, 4) is 0 Å².